The first-order chi connectivity index (χ1) is 11.1. The third-order valence-electron chi connectivity index (χ3n) is 3.31. The van der Waals surface area contributed by atoms with E-state index in [0.29, 0.717) is 23.3 Å². The summed E-state index contributed by atoms with van der Waals surface area (Å²) < 4.78 is 23.4. The molecule has 0 saturated carbocycles. The highest BCUT2D eigenvalue weighted by Crippen LogP contribution is 2.30. The third-order valence-corrected chi connectivity index (χ3v) is 7.57. The van der Waals surface area contributed by atoms with Crippen LogP contribution in [0.4, 0.5) is 0 Å². The van der Waals surface area contributed by atoms with Gasteiger partial charge in [-0.3, -0.25) is 0 Å². The summed E-state index contributed by atoms with van der Waals surface area (Å²) in [5.74, 6) is -1.47. The van der Waals surface area contributed by atoms with Crippen LogP contribution in [-0.4, -0.2) is 45.7 Å². The molecule has 0 aromatic carbocycles. The molecule has 5 nitrogen and oxygen atoms in total. The van der Waals surface area contributed by atoms with Crippen molar-refractivity contribution in [2.24, 2.45) is 0 Å². The van der Waals surface area contributed by atoms with Crippen molar-refractivity contribution in [2.75, 3.05) is 6.61 Å². The number of allylic oxidation sites excluding steroid dienone is 1. The van der Waals surface area contributed by atoms with Crippen molar-refractivity contribution in [1.82, 2.24) is 0 Å². The van der Waals surface area contributed by atoms with Gasteiger partial charge in [0.05, 0.1) is 6.61 Å². The fourth-order valence-corrected chi connectivity index (χ4v) is 4.85. The number of hydrogen-bond acceptors (Lipinski definition) is 5. The lowest BCUT2D eigenvalue weighted by atomic mass is 10.3. The van der Waals surface area contributed by atoms with Gasteiger partial charge in [-0.15, -0.1) is 13.2 Å². The van der Waals surface area contributed by atoms with Crippen LogP contribution in [0.5, 0.6) is 0 Å². The molecule has 0 aliphatic rings. The van der Waals surface area contributed by atoms with Gasteiger partial charge in [0.15, 0.2) is 10.5 Å². The van der Waals surface area contributed by atoms with Gasteiger partial charge in [0, 0.05) is 12.5 Å². The Morgan fingerprint density at radius 1 is 1.12 bits per heavy atom. The molecule has 24 heavy (non-hydrogen) atoms. The average Bonchev–Trinajstić information content (AvgIpc) is 2.51. The molecule has 0 unspecified atom stereocenters. The number of carbonyl (C=O) groups is 1. The van der Waals surface area contributed by atoms with Gasteiger partial charge in [0.1, 0.15) is 0 Å². The molecule has 0 heterocycles. The zero-order valence-corrected chi connectivity index (χ0v) is 19.9. The molecule has 0 fully saturated rings. The number of hydrogen-bond donors (Lipinski definition) is 0. The van der Waals surface area contributed by atoms with Crippen LogP contribution in [0.3, 0.4) is 0 Å². The maximum absolute atomic E-state index is 11.4. The van der Waals surface area contributed by atoms with E-state index < -0.39 is 22.6 Å². The first-order valence-corrected chi connectivity index (χ1v) is 14.9. The van der Waals surface area contributed by atoms with Gasteiger partial charge in [-0.05, 0) is 39.5 Å². The molecule has 138 valence electrons. The minimum absolute atomic E-state index is 0.286. The topological polar surface area (TPSA) is 54.0 Å². The summed E-state index contributed by atoms with van der Waals surface area (Å²) in [6.07, 6.45) is 4.10. The van der Waals surface area contributed by atoms with E-state index in [-0.39, 0.29) is 12.6 Å². The van der Waals surface area contributed by atoms with Gasteiger partial charge >= 0.3 is 5.97 Å². The Balaban J connectivity index is 5.05. The SMILES string of the molecule is C=C[Si](C)(C)OC(CCCOC(=O)C=CC)(O[SiH3])O[Si](C)(C)C=C. The van der Waals surface area contributed by atoms with Crippen molar-refractivity contribution in [3.05, 3.63) is 36.7 Å². The highest BCUT2D eigenvalue weighted by molar-refractivity contribution is 6.77. The van der Waals surface area contributed by atoms with Gasteiger partial charge in [-0.1, -0.05) is 17.5 Å². The fourth-order valence-electron chi connectivity index (χ4n) is 1.84. The predicted molar refractivity (Wildman–Crippen MR) is 106 cm³/mol. The standard InChI is InChI=1S/C16H32O5Si3/c1-8-12-15(17)18-14-11-13-16(19-22,20-23(4,5)9-2)21-24(6,7)10-3/h8-10,12H,2-3,11,13-14H2,1,4-7,22H3. The minimum atomic E-state index is -2.14. The van der Waals surface area contributed by atoms with Gasteiger partial charge in [0.25, 0.3) is 5.97 Å². The first kappa shape index (κ1) is 23.2. The summed E-state index contributed by atoms with van der Waals surface area (Å²) >= 11 is 0. The van der Waals surface area contributed by atoms with E-state index in [9.17, 15) is 4.79 Å². The van der Waals surface area contributed by atoms with Crippen molar-refractivity contribution in [2.45, 2.75) is 51.9 Å². The molecule has 0 atom stereocenters. The second kappa shape index (κ2) is 10.3. The predicted octanol–water partition coefficient (Wildman–Crippen LogP) is 2.73. The van der Waals surface area contributed by atoms with Crippen molar-refractivity contribution in [3.8, 4) is 0 Å². The molecule has 0 aromatic heterocycles. The van der Waals surface area contributed by atoms with Gasteiger partial charge in [0.2, 0.25) is 16.6 Å². The Morgan fingerprint density at radius 3 is 2.00 bits per heavy atom. The average molecular weight is 389 g/mol. The fraction of sp³-hybridized carbons (Fsp3) is 0.562. The lowest BCUT2D eigenvalue weighted by Crippen LogP contribution is -2.52. The van der Waals surface area contributed by atoms with E-state index in [4.69, 9.17) is 18.0 Å². The Hall–Kier alpha value is -0.779. The molecule has 0 aromatic rings. The molecular weight excluding hydrogens is 356 g/mol. The van der Waals surface area contributed by atoms with Crippen LogP contribution in [0, 0.1) is 0 Å². The molecule has 0 saturated heterocycles. The molecule has 0 radical (unpaired) electrons. The highest BCUT2D eigenvalue weighted by atomic mass is 28.4. The summed E-state index contributed by atoms with van der Waals surface area (Å²) in [6.45, 7) is 17.9. The van der Waals surface area contributed by atoms with Crippen LogP contribution in [0.25, 0.3) is 0 Å². The Morgan fingerprint density at radius 2 is 1.62 bits per heavy atom. The monoisotopic (exact) mass is 388 g/mol. The number of carbonyl (C=O) groups excluding carboxylic acids is 1. The Labute approximate surface area is 151 Å². The minimum Gasteiger partial charge on any atom is -0.463 e. The van der Waals surface area contributed by atoms with Crippen LogP contribution in [0.2, 0.25) is 26.2 Å². The van der Waals surface area contributed by atoms with Crippen molar-refractivity contribution >= 4 is 33.1 Å². The van der Waals surface area contributed by atoms with E-state index >= 15 is 0 Å². The lowest BCUT2D eigenvalue weighted by molar-refractivity contribution is -0.267. The molecule has 0 N–H and O–H groups in total. The smallest absolute Gasteiger partial charge is 0.330 e. The molecule has 8 heteroatoms. The molecule has 0 aliphatic heterocycles. The molecular formula is C16H32O5Si3. The highest BCUT2D eigenvalue weighted by Gasteiger charge is 2.41. The van der Waals surface area contributed by atoms with E-state index in [1.165, 1.54) is 6.08 Å². The van der Waals surface area contributed by atoms with Crippen molar-refractivity contribution in [1.29, 1.82) is 0 Å². The number of ether oxygens (including phenoxy) is 1. The Bertz CT molecular complexity index is 439. The molecule has 0 amide bonds. The Kier molecular flexibility index (Phi) is 9.93. The first-order valence-electron chi connectivity index (χ1n) is 8.07. The van der Waals surface area contributed by atoms with E-state index in [2.05, 4.69) is 13.2 Å². The van der Waals surface area contributed by atoms with E-state index in [1.54, 1.807) is 13.0 Å². The third kappa shape index (κ3) is 8.90. The summed E-state index contributed by atoms with van der Waals surface area (Å²) in [6, 6.07) is 0. The molecule has 0 bridgehead atoms. The van der Waals surface area contributed by atoms with Crippen LogP contribution >= 0.6 is 0 Å². The lowest BCUT2D eigenvalue weighted by Gasteiger charge is -2.42. The summed E-state index contributed by atoms with van der Waals surface area (Å²) in [4.78, 5) is 11.4. The zero-order chi connectivity index (χ0) is 18.9. The van der Waals surface area contributed by atoms with Crippen LogP contribution < -0.4 is 0 Å². The van der Waals surface area contributed by atoms with Gasteiger partial charge < -0.3 is 18.0 Å². The summed E-state index contributed by atoms with van der Waals surface area (Å²) in [5.41, 5.74) is 3.69. The number of rotatable bonds is 12. The molecule has 0 rings (SSSR count). The van der Waals surface area contributed by atoms with Gasteiger partial charge in [-0.2, -0.15) is 0 Å². The normalized spacial score (nSPS) is 13.2. The second-order valence-corrected chi connectivity index (χ2v) is 14.5. The van der Waals surface area contributed by atoms with Crippen LogP contribution in [0.1, 0.15) is 19.8 Å². The summed E-state index contributed by atoms with van der Waals surface area (Å²) in [5, 5.41) is 0. The molecule has 0 aliphatic carbocycles. The largest absolute Gasteiger partial charge is 0.463 e. The maximum atomic E-state index is 11.4. The maximum Gasteiger partial charge on any atom is 0.330 e. The van der Waals surface area contributed by atoms with Gasteiger partial charge in [-0.25, -0.2) is 4.79 Å². The summed E-state index contributed by atoms with van der Waals surface area (Å²) in [7, 11) is -3.81. The van der Waals surface area contributed by atoms with Crippen molar-refractivity contribution < 1.29 is 22.8 Å². The second-order valence-electron chi connectivity index (χ2n) is 6.48. The zero-order valence-electron chi connectivity index (χ0n) is 15.9. The van der Waals surface area contributed by atoms with Crippen LogP contribution in [0.15, 0.2) is 36.7 Å². The van der Waals surface area contributed by atoms with E-state index in [0.717, 1.165) is 0 Å². The van der Waals surface area contributed by atoms with Crippen molar-refractivity contribution in [3.63, 3.8) is 0 Å². The van der Waals surface area contributed by atoms with E-state index in [1.807, 2.05) is 37.6 Å². The molecule has 0 spiro atoms. The number of esters is 1. The van der Waals surface area contributed by atoms with Crippen LogP contribution in [-0.2, 0) is 22.8 Å². The quantitative estimate of drug-likeness (QED) is 0.169.